The third kappa shape index (κ3) is 3.08. The van der Waals surface area contributed by atoms with Gasteiger partial charge in [0, 0.05) is 22.9 Å². The summed E-state index contributed by atoms with van der Waals surface area (Å²) < 4.78 is 0. The van der Waals surface area contributed by atoms with Gasteiger partial charge in [-0.25, -0.2) is 0 Å². The van der Waals surface area contributed by atoms with E-state index in [0.717, 1.165) is 34.4 Å². The molecule has 2 aromatic carbocycles. The smallest absolute Gasteiger partial charge is 0.156 e. The molecular weight excluding hydrogens is 270 g/mol. The van der Waals surface area contributed by atoms with Crippen molar-refractivity contribution in [3.8, 4) is 11.3 Å². The Morgan fingerprint density at radius 1 is 0.818 bits per heavy atom. The Kier molecular flexibility index (Phi) is 3.80. The highest BCUT2D eigenvalue weighted by molar-refractivity contribution is 5.99. The fraction of sp³-hybridized carbons (Fsp3) is 0.263. The molecule has 0 saturated heterocycles. The zero-order valence-electron chi connectivity index (χ0n) is 13.3. The Bertz CT molecular complexity index is 774. The van der Waals surface area contributed by atoms with Gasteiger partial charge in [-0.05, 0) is 5.41 Å². The number of nitrogens with zero attached hydrogens (tertiary/aromatic N) is 2. The van der Waals surface area contributed by atoms with Crippen LogP contribution in [0.15, 0.2) is 54.6 Å². The van der Waals surface area contributed by atoms with Gasteiger partial charge in [-0.1, -0.05) is 75.4 Å². The summed E-state index contributed by atoms with van der Waals surface area (Å²) in [7, 11) is 0. The summed E-state index contributed by atoms with van der Waals surface area (Å²) in [6.45, 7) is 7.46. The van der Waals surface area contributed by atoms with Crippen LogP contribution in [0.25, 0.3) is 22.0 Å². The maximum atomic E-state index is 4.47. The number of fused-ring (bicyclic) bond motifs is 1. The van der Waals surface area contributed by atoms with Crippen molar-refractivity contribution in [2.24, 2.45) is 5.41 Å². The first kappa shape index (κ1) is 14.5. The summed E-state index contributed by atoms with van der Waals surface area (Å²) in [5.41, 5.74) is 2.21. The Morgan fingerprint density at radius 2 is 1.45 bits per heavy atom. The molecule has 0 unspecified atom stereocenters. The van der Waals surface area contributed by atoms with E-state index >= 15 is 0 Å². The Labute approximate surface area is 131 Å². The molecule has 3 rings (SSSR count). The van der Waals surface area contributed by atoms with Crippen LogP contribution in [-0.4, -0.2) is 16.7 Å². The zero-order chi connectivity index (χ0) is 15.6. The molecule has 22 heavy (non-hydrogen) atoms. The van der Waals surface area contributed by atoms with E-state index in [1.165, 1.54) is 0 Å². The molecule has 0 saturated carbocycles. The van der Waals surface area contributed by atoms with Crippen LogP contribution in [-0.2, 0) is 0 Å². The lowest BCUT2D eigenvalue weighted by molar-refractivity contribution is 0.442. The van der Waals surface area contributed by atoms with Gasteiger partial charge in [-0.2, -0.15) is 0 Å². The van der Waals surface area contributed by atoms with E-state index in [4.69, 9.17) is 0 Å². The molecule has 1 aromatic heterocycles. The van der Waals surface area contributed by atoms with E-state index in [1.54, 1.807) is 0 Å². The molecular formula is C19H21N3. The van der Waals surface area contributed by atoms with Crippen LogP contribution in [0, 0.1) is 5.41 Å². The minimum atomic E-state index is 0.195. The first-order valence-corrected chi connectivity index (χ1v) is 7.59. The first-order valence-electron chi connectivity index (χ1n) is 7.59. The van der Waals surface area contributed by atoms with E-state index in [2.05, 4.69) is 60.6 Å². The molecule has 0 fully saturated rings. The second-order valence-electron chi connectivity index (χ2n) is 6.72. The number of hydrogen-bond donors (Lipinski definition) is 1. The zero-order valence-corrected chi connectivity index (χ0v) is 13.3. The molecule has 0 bridgehead atoms. The maximum absolute atomic E-state index is 4.47. The lowest BCUT2D eigenvalue weighted by atomic mass is 9.97. The third-order valence-electron chi connectivity index (χ3n) is 3.52. The van der Waals surface area contributed by atoms with Crippen molar-refractivity contribution in [1.29, 1.82) is 0 Å². The van der Waals surface area contributed by atoms with E-state index in [1.807, 2.05) is 30.3 Å². The summed E-state index contributed by atoms with van der Waals surface area (Å²) in [6, 6.07) is 18.5. The normalized spacial score (nSPS) is 11.6. The van der Waals surface area contributed by atoms with Crippen LogP contribution in [0.4, 0.5) is 5.82 Å². The maximum Gasteiger partial charge on any atom is 0.156 e. The molecule has 0 radical (unpaired) electrons. The SMILES string of the molecule is CC(C)(C)CNc1nnc(-c2ccccc2)c2ccccc12. The molecule has 112 valence electrons. The molecule has 0 aliphatic rings. The largest absolute Gasteiger partial charge is 0.368 e. The molecule has 0 amide bonds. The fourth-order valence-corrected chi connectivity index (χ4v) is 2.39. The van der Waals surface area contributed by atoms with Crippen LogP contribution in [0.2, 0.25) is 0 Å². The predicted octanol–water partition coefficient (Wildman–Crippen LogP) is 4.75. The topological polar surface area (TPSA) is 37.8 Å². The molecule has 3 heteroatoms. The van der Waals surface area contributed by atoms with Gasteiger partial charge in [0.15, 0.2) is 5.82 Å². The summed E-state index contributed by atoms with van der Waals surface area (Å²) in [5.74, 6) is 0.852. The quantitative estimate of drug-likeness (QED) is 0.756. The molecule has 3 aromatic rings. The van der Waals surface area contributed by atoms with Crippen LogP contribution in [0.1, 0.15) is 20.8 Å². The van der Waals surface area contributed by atoms with Crippen LogP contribution in [0.3, 0.4) is 0 Å². The number of anilines is 1. The van der Waals surface area contributed by atoms with Crippen LogP contribution >= 0.6 is 0 Å². The van der Waals surface area contributed by atoms with Gasteiger partial charge in [0.25, 0.3) is 0 Å². The lowest BCUT2D eigenvalue weighted by Crippen LogP contribution is -2.20. The number of rotatable bonds is 3. The van der Waals surface area contributed by atoms with E-state index < -0.39 is 0 Å². The highest BCUT2D eigenvalue weighted by atomic mass is 15.2. The molecule has 0 atom stereocenters. The van der Waals surface area contributed by atoms with Crippen molar-refractivity contribution >= 4 is 16.6 Å². The molecule has 3 nitrogen and oxygen atoms in total. The van der Waals surface area contributed by atoms with Gasteiger partial charge < -0.3 is 5.32 Å². The second-order valence-corrected chi connectivity index (χ2v) is 6.72. The van der Waals surface area contributed by atoms with E-state index in [0.29, 0.717) is 0 Å². The van der Waals surface area contributed by atoms with E-state index in [-0.39, 0.29) is 5.41 Å². The highest BCUT2D eigenvalue weighted by Gasteiger charge is 2.13. The predicted molar refractivity (Wildman–Crippen MR) is 92.9 cm³/mol. The van der Waals surface area contributed by atoms with Gasteiger partial charge in [-0.3, -0.25) is 0 Å². The van der Waals surface area contributed by atoms with Gasteiger partial charge in [-0.15, -0.1) is 10.2 Å². The first-order chi connectivity index (χ1) is 10.5. The number of benzene rings is 2. The standard InChI is InChI=1S/C19H21N3/c1-19(2,3)13-20-18-16-12-8-7-11-15(16)17(21-22-18)14-9-5-4-6-10-14/h4-12H,13H2,1-3H3,(H,20,22). The summed E-state index contributed by atoms with van der Waals surface area (Å²) in [6.07, 6.45) is 0. The number of nitrogens with one attached hydrogen (secondary N) is 1. The van der Waals surface area contributed by atoms with Gasteiger partial charge in [0.1, 0.15) is 5.69 Å². The average Bonchev–Trinajstić information content (AvgIpc) is 2.52. The van der Waals surface area contributed by atoms with Crippen molar-refractivity contribution in [2.75, 3.05) is 11.9 Å². The lowest BCUT2D eigenvalue weighted by Gasteiger charge is -2.20. The third-order valence-corrected chi connectivity index (χ3v) is 3.52. The minimum Gasteiger partial charge on any atom is -0.368 e. The summed E-state index contributed by atoms with van der Waals surface area (Å²) >= 11 is 0. The molecule has 0 spiro atoms. The van der Waals surface area contributed by atoms with Crippen molar-refractivity contribution < 1.29 is 0 Å². The van der Waals surface area contributed by atoms with Gasteiger partial charge in [0.05, 0.1) is 0 Å². The Hall–Kier alpha value is -2.42. The molecule has 0 aliphatic heterocycles. The van der Waals surface area contributed by atoms with Crippen molar-refractivity contribution in [3.63, 3.8) is 0 Å². The van der Waals surface area contributed by atoms with Gasteiger partial charge in [0.2, 0.25) is 0 Å². The minimum absolute atomic E-state index is 0.195. The Morgan fingerprint density at radius 3 is 2.14 bits per heavy atom. The molecule has 1 heterocycles. The monoisotopic (exact) mass is 291 g/mol. The van der Waals surface area contributed by atoms with Crippen molar-refractivity contribution in [3.05, 3.63) is 54.6 Å². The average molecular weight is 291 g/mol. The van der Waals surface area contributed by atoms with Crippen LogP contribution in [0.5, 0.6) is 0 Å². The van der Waals surface area contributed by atoms with Crippen molar-refractivity contribution in [1.82, 2.24) is 10.2 Å². The Balaban J connectivity index is 2.08. The second kappa shape index (κ2) is 5.76. The number of hydrogen-bond acceptors (Lipinski definition) is 3. The summed E-state index contributed by atoms with van der Waals surface area (Å²) in [5, 5.41) is 14.6. The van der Waals surface area contributed by atoms with Crippen molar-refractivity contribution in [2.45, 2.75) is 20.8 Å². The van der Waals surface area contributed by atoms with Crippen LogP contribution < -0.4 is 5.32 Å². The fourth-order valence-electron chi connectivity index (χ4n) is 2.39. The summed E-state index contributed by atoms with van der Waals surface area (Å²) in [4.78, 5) is 0. The highest BCUT2D eigenvalue weighted by Crippen LogP contribution is 2.29. The van der Waals surface area contributed by atoms with E-state index in [9.17, 15) is 0 Å². The van der Waals surface area contributed by atoms with Gasteiger partial charge >= 0.3 is 0 Å². The molecule has 1 N–H and O–H groups in total. The molecule has 0 aliphatic carbocycles. The number of aromatic nitrogens is 2.